The lowest BCUT2D eigenvalue weighted by Gasteiger charge is -2.34. The molecule has 0 saturated carbocycles. The molecule has 0 radical (unpaired) electrons. The summed E-state index contributed by atoms with van der Waals surface area (Å²) in [6.45, 7) is 6.16. The standard InChI is InChI=1S/C17H22N4O3S2/c1-12-10-14(11-15(13(12)2)26(23,24)18-3)16(22)20-5-7-21(8-6-20)17-19-4-9-25-17/h4,9-11,18H,5-8H2,1-3H3. The summed E-state index contributed by atoms with van der Waals surface area (Å²) in [6, 6.07) is 3.24. The van der Waals surface area contributed by atoms with Crippen LogP contribution in [0.5, 0.6) is 0 Å². The third-order valence-corrected chi connectivity index (χ3v) is 7.05. The van der Waals surface area contributed by atoms with Crippen molar-refractivity contribution in [1.82, 2.24) is 14.6 Å². The lowest BCUT2D eigenvalue weighted by molar-refractivity contribution is 0.0746. The quantitative estimate of drug-likeness (QED) is 0.852. The van der Waals surface area contributed by atoms with Gasteiger partial charge in [0.25, 0.3) is 5.91 Å². The van der Waals surface area contributed by atoms with Crippen LogP contribution >= 0.6 is 11.3 Å². The highest BCUT2D eigenvalue weighted by molar-refractivity contribution is 7.89. The van der Waals surface area contributed by atoms with Gasteiger partial charge in [-0.25, -0.2) is 18.1 Å². The molecule has 1 amide bonds. The van der Waals surface area contributed by atoms with Crippen LogP contribution < -0.4 is 9.62 Å². The largest absolute Gasteiger partial charge is 0.345 e. The molecule has 0 bridgehead atoms. The number of hydrogen-bond donors (Lipinski definition) is 1. The van der Waals surface area contributed by atoms with Gasteiger partial charge in [0.05, 0.1) is 4.90 Å². The predicted molar refractivity (Wildman–Crippen MR) is 102 cm³/mol. The van der Waals surface area contributed by atoms with Crippen LogP contribution in [-0.4, -0.2) is 57.4 Å². The number of carbonyl (C=O) groups excluding carboxylic acids is 1. The number of benzene rings is 1. The van der Waals surface area contributed by atoms with Crippen molar-refractivity contribution in [2.75, 3.05) is 38.1 Å². The molecular formula is C17H22N4O3S2. The van der Waals surface area contributed by atoms with E-state index in [9.17, 15) is 13.2 Å². The lowest BCUT2D eigenvalue weighted by atomic mass is 10.0. The van der Waals surface area contributed by atoms with E-state index in [1.54, 1.807) is 35.4 Å². The summed E-state index contributed by atoms with van der Waals surface area (Å²) in [5.74, 6) is -0.139. The maximum absolute atomic E-state index is 12.9. The molecule has 1 aliphatic rings. The summed E-state index contributed by atoms with van der Waals surface area (Å²) in [6.07, 6.45) is 1.77. The van der Waals surface area contributed by atoms with Crippen molar-refractivity contribution in [3.05, 3.63) is 40.4 Å². The number of amides is 1. The Labute approximate surface area is 157 Å². The van der Waals surface area contributed by atoms with Gasteiger partial charge >= 0.3 is 0 Å². The fourth-order valence-electron chi connectivity index (χ4n) is 3.00. The predicted octanol–water partition coefficient (Wildman–Crippen LogP) is 1.63. The topological polar surface area (TPSA) is 82.6 Å². The van der Waals surface area contributed by atoms with Crippen LogP contribution in [0.1, 0.15) is 21.5 Å². The summed E-state index contributed by atoms with van der Waals surface area (Å²) in [7, 11) is -2.24. The molecule has 1 fully saturated rings. The Morgan fingerprint density at radius 3 is 2.46 bits per heavy atom. The van der Waals surface area contributed by atoms with Crippen LogP contribution in [0.3, 0.4) is 0 Å². The molecule has 140 valence electrons. The van der Waals surface area contributed by atoms with Gasteiger partial charge < -0.3 is 9.80 Å². The van der Waals surface area contributed by atoms with Crippen LogP contribution in [0, 0.1) is 13.8 Å². The summed E-state index contributed by atoms with van der Waals surface area (Å²) >= 11 is 1.58. The third kappa shape index (κ3) is 3.60. The highest BCUT2D eigenvalue weighted by Gasteiger charge is 2.25. The maximum Gasteiger partial charge on any atom is 0.254 e. The Morgan fingerprint density at radius 1 is 1.19 bits per heavy atom. The second-order valence-corrected chi connectivity index (χ2v) is 8.95. The maximum atomic E-state index is 12.9. The van der Waals surface area contributed by atoms with Crippen LogP contribution in [0.25, 0.3) is 0 Å². The molecule has 3 rings (SSSR count). The van der Waals surface area contributed by atoms with E-state index in [0.29, 0.717) is 37.3 Å². The fraction of sp³-hybridized carbons (Fsp3) is 0.412. The molecule has 0 spiro atoms. The van der Waals surface area contributed by atoms with E-state index in [4.69, 9.17) is 0 Å². The SMILES string of the molecule is CNS(=O)(=O)c1cc(C(=O)N2CCN(c3nccs3)CC2)cc(C)c1C. The van der Waals surface area contributed by atoms with Gasteiger partial charge in [0.2, 0.25) is 10.0 Å². The fourth-order valence-corrected chi connectivity index (χ4v) is 4.76. The van der Waals surface area contributed by atoms with Crippen molar-refractivity contribution in [3.8, 4) is 0 Å². The van der Waals surface area contributed by atoms with E-state index < -0.39 is 10.0 Å². The summed E-state index contributed by atoms with van der Waals surface area (Å²) in [4.78, 5) is 21.3. The number of carbonyl (C=O) groups is 1. The molecule has 1 saturated heterocycles. The first-order chi connectivity index (χ1) is 12.3. The minimum atomic E-state index is -3.61. The number of piperazine rings is 1. The number of anilines is 1. The molecule has 0 atom stereocenters. The summed E-state index contributed by atoms with van der Waals surface area (Å²) in [5.41, 5.74) is 1.85. The molecule has 0 aliphatic carbocycles. The van der Waals surface area contributed by atoms with Crippen molar-refractivity contribution in [2.45, 2.75) is 18.7 Å². The zero-order valence-electron chi connectivity index (χ0n) is 15.0. The van der Waals surface area contributed by atoms with Gasteiger partial charge in [0.15, 0.2) is 5.13 Å². The van der Waals surface area contributed by atoms with Gasteiger partial charge in [0, 0.05) is 43.3 Å². The van der Waals surface area contributed by atoms with Crippen molar-refractivity contribution in [2.24, 2.45) is 0 Å². The smallest absolute Gasteiger partial charge is 0.254 e. The molecule has 0 unspecified atom stereocenters. The number of sulfonamides is 1. The molecular weight excluding hydrogens is 372 g/mol. The number of thiazole rings is 1. The Morgan fingerprint density at radius 2 is 1.88 bits per heavy atom. The van der Waals surface area contributed by atoms with Crippen LogP contribution in [-0.2, 0) is 10.0 Å². The first kappa shape index (κ1) is 18.8. The van der Waals surface area contributed by atoms with E-state index in [-0.39, 0.29) is 10.8 Å². The molecule has 7 nitrogen and oxygen atoms in total. The first-order valence-corrected chi connectivity index (χ1v) is 10.7. The second kappa shape index (κ2) is 7.34. The number of aryl methyl sites for hydroxylation is 1. The van der Waals surface area contributed by atoms with E-state index >= 15 is 0 Å². The van der Waals surface area contributed by atoms with Gasteiger partial charge in [-0.2, -0.15) is 0 Å². The van der Waals surface area contributed by atoms with Crippen molar-refractivity contribution < 1.29 is 13.2 Å². The Hall–Kier alpha value is -1.97. The average molecular weight is 395 g/mol. The molecule has 1 N–H and O–H groups in total. The molecule has 1 aromatic heterocycles. The minimum Gasteiger partial charge on any atom is -0.345 e. The monoisotopic (exact) mass is 394 g/mol. The van der Waals surface area contributed by atoms with Gasteiger partial charge in [-0.3, -0.25) is 4.79 Å². The lowest BCUT2D eigenvalue weighted by Crippen LogP contribution is -2.48. The van der Waals surface area contributed by atoms with Gasteiger partial charge in [0.1, 0.15) is 0 Å². The van der Waals surface area contributed by atoms with Gasteiger partial charge in [-0.1, -0.05) is 0 Å². The van der Waals surface area contributed by atoms with E-state index in [1.165, 1.54) is 13.1 Å². The van der Waals surface area contributed by atoms with Crippen molar-refractivity contribution >= 4 is 32.4 Å². The average Bonchev–Trinajstić information content (AvgIpc) is 3.18. The Bertz CT molecular complexity index is 902. The minimum absolute atomic E-state index is 0.139. The Kier molecular flexibility index (Phi) is 5.31. The summed E-state index contributed by atoms with van der Waals surface area (Å²) in [5, 5.41) is 2.90. The van der Waals surface area contributed by atoms with Crippen LogP contribution in [0.15, 0.2) is 28.6 Å². The molecule has 9 heteroatoms. The molecule has 1 aliphatic heterocycles. The third-order valence-electron chi connectivity index (χ3n) is 4.68. The van der Waals surface area contributed by atoms with E-state index in [0.717, 1.165) is 10.7 Å². The highest BCUT2D eigenvalue weighted by atomic mass is 32.2. The summed E-state index contributed by atoms with van der Waals surface area (Å²) < 4.78 is 26.8. The molecule has 2 heterocycles. The number of hydrogen-bond acceptors (Lipinski definition) is 6. The van der Waals surface area contributed by atoms with Gasteiger partial charge in [-0.05, 0) is 44.2 Å². The zero-order valence-corrected chi connectivity index (χ0v) is 16.7. The molecule has 1 aromatic carbocycles. The van der Waals surface area contributed by atoms with Crippen molar-refractivity contribution in [3.63, 3.8) is 0 Å². The van der Waals surface area contributed by atoms with E-state index in [2.05, 4.69) is 14.6 Å². The number of rotatable bonds is 4. The van der Waals surface area contributed by atoms with E-state index in [1.807, 2.05) is 12.3 Å². The van der Waals surface area contributed by atoms with Crippen LogP contribution in [0.4, 0.5) is 5.13 Å². The first-order valence-electron chi connectivity index (χ1n) is 8.32. The van der Waals surface area contributed by atoms with Gasteiger partial charge in [-0.15, -0.1) is 11.3 Å². The second-order valence-electron chi connectivity index (χ2n) is 6.22. The Balaban J connectivity index is 1.80. The van der Waals surface area contributed by atoms with Crippen molar-refractivity contribution in [1.29, 1.82) is 0 Å². The zero-order chi connectivity index (χ0) is 18.9. The molecule has 26 heavy (non-hydrogen) atoms. The number of nitrogens with zero attached hydrogens (tertiary/aromatic N) is 3. The number of aromatic nitrogens is 1. The highest BCUT2D eigenvalue weighted by Crippen LogP contribution is 2.23. The molecule has 2 aromatic rings. The normalized spacial score (nSPS) is 15.3. The number of nitrogens with one attached hydrogen (secondary N) is 1. The van der Waals surface area contributed by atoms with Crippen LogP contribution in [0.2, 0.25) is 0 Å².